The van der Waals surface area contributed by atoms with Gasteiger partial charge in [0.15, 0.2) is 23.1 Å². The molecule has 0 radical (unpaired) electrons. The fourth-order valence-electron chi connectivity index (χ4n) is 10.0. The van der Waals surface area contributed by atoms with Crippen LogP contribution in [0.25, 0.3) is 0 Å². The van der Waals surface area contributed by atoms with Crippen molar-refractivity contribution in [3.8, 4) is 11.5 Å². The van der Waals surface area contributed by atoms with Crippen molar-refractivity contribution in [1.29, 1.82) is 0 Å². The third kappa shape index (κ3) is 5.32. The second-order valence-corrected chi connectivity index (χ2v) is 15.1. The Balaban J connectivity index is 1.25. The Morgan fingerprint density at radius 2 is 0.778 bits per heavy atom. The summed E-state index contributed by atoms with van der Waals surface area (Å²) in [5.74, 6) is 0.526. The van der Waals surface area contributed by atoms with Crippen molar-refractivity contribution < 1.29 is 28.7 Å². The van der Waals surface area contributed by atoms with Crippen LogP contribution in [0.3, 0.4) is 0 Å². The number of allylic oxidation sites excluding steroid dienone is 8. The molecule has 8 nitrogen and oxygen atoms in total. The SMILES string of the molecule is COc1ccccc1N1C2=C(C(=O)CCC2)C(c2cccc(C3C4=C(CCCC4=O)N(c4ccccc4OC)C4=C3C(=O)CCC4)c2)C2=C1CCCC2=O. The maximum atomic E-state index is 14.2. The van der Waals surface area contributed by atoms with E-state index in [1.807, 2.05) is 66.7 Å². The second-order valence-electron chi connectivity index (χ2n) is 15.1. The van der Waals surface area contributed by atoms with Gasteiger partial charge in [0, 0.05) is 82.6 Å². The Kier molecular flexibility index (Phi) is 8.71. The molecule has 0 atom stereocenters. The summed E-state index contributed by atoms with van der Waals surface area (Å²) >= 11 is 0. The van der Waals surface area contributed by atoms with Gasteiger partial charge in [-0.15, -0.1) is 0 Å². The average Bonchev–Trinajstić information content (AvgIpc) is 3.20. The maximum Gasteiger partial charge on any atom is 0.161 e. The number of ketones is 4. The number of anilines is 2. The standard InChI is InChI=1S/C46H44N2O6/c1-53-39-24-5-3-14-29(39)47-31-16-8-20-35(49)43(31)41(44-32(47)17-9-21-36(44)50)27-12-7-13-28(26-27)42-45-33(18-10-22-37(45)51)48(30-15-4-6-25-40(30)54-2)34-19-11-23-38(52)46(34)42/h3-7,12-15,24-26,41-42H,8-11,16-23H2,1-2H3. The number of hydrogen-bond acceptors (Lipinski definition) is 8. The first-order valence-corrected chi connectivity index (χ1v) is 19.4. The van der Waals surface area contributed by atoms with Crippen molar-refractivity contribution in [2.24, 2.45) is 0 Å². The van der Waals surface area contributed by atoms with Crippen molar-refractivity contribution in [2.75, 3.05) is 24.0 Å². The van der Waals surface area contributed by atoms with E-state index in [2.05, 4.69) is 15.9 Å². The van der Waals surface area contributed by atoms with Gasteiger partial charge in [-0.1, -0.05) is 48.5 Å². The third-order valence-corrected chi connectivity index (χ3v) is 12.2. The van der Waals surface area contributed by atoms with Crippen LogP contribution in [0.1, 0.15) is 100 Å². The van der Waals surface area contributed by atoms with Crippen LogP contribution in [0.15, 0.2) is 118 Å². The number of nitrogens with zero attached hydrogens (tertiary/aromatic N) is 2. The number of para-hydroxylation sites is 4. The molecule has 0 bridgehead atoms. The van der Waals surface area contributed by atoms with Gasteiger partial charge in [0.25, 0.3) is 0 Å². The predicted molar refractivity (Wildman–Crippen MR) is 206 cm³/mol. The zero-order chi connectivity index (χ0) is 37.1. The van der Waals surface area contributed by atoms with Crippen LogP contribution >= 0.6 is 0 Å². The Bertz CT molecular complexity index is 2030. The molecule has 0 saturated heterocycles. The monoisotopic (exact) mass is 720 g/mol. The van der Waals surface area contributed by atoms with E-state index in [-0.39, 0.29) is 23.1 Å². The molecule has 0 N–H and O–H groups in total. The summed E-state index contributed by atoms with van der Waals surface area (Å²) in [6.07, 6.45) is 7.43. The van der Waals surface area contributed by atoms with Gasteiger partial charge >= 0.3 is 0 Å². The summed E-state index contributed by atoms with van der Waals surface area (Å²) in [7, 11) is 3.30. The Morgan fingerprint density at radius 3 is 1.11 bits per heavy atom. The molecule has 0 amide bonds. The molecule has 0 fully saturated rings. The molecule has 274 valence electrons. The van der Waals surface area contributed by atoms with E-state index >= 15 is 0 Å². The topological polar surface area (TPSA) is 93.2 Å². The summed E-state index contributed by atoms with van der Waals surface area (Å²) in [5.41, 5.74) is 9.80. The number of hydrogen-bond donors (Lipinski definition) is 0. The van der Waals surface area contributed by atoms with E-state index in [1.54, 1.807) is 14.2 Å². The molecule has 8 heteroatoms. The molecule has 0 aromatic heterocycles. The van der Waals surface area contributed by atoms with Crippen LogP contribution < -0.4 is 19.3 Å². The van der Waals surface area contributed by atoms with E-state index in [4.69, 9.17) is 9.47 Å². The van der Waals surface area contributed by atoms with E-state index in [0.717, 1.165) is 71.0 Å². The molecule has 3 aromatic rings. The van der Waals surface area contributed by atoms with Gasteiger partial charge in [-0.3, -0.25) is 19.2 Å². The maximum absolute atomic E-state index is 14.2. The highest BCUT2D eigenvalue weighted by Gasteiger charge is 2.47. The fourth-order valence-corrected chi connectivity index (χ4v) is 10.0. The van der Waals surface area contributed by atoms with Crippen LogP contribution in [-0.2, 0) is 19.2 Å². The first-order chi connectivity index (χ1) is 26.4. The van der Waals surface area contributed by atoms with E-state index in [1.165, 1.54) is 0 Å². The van der Waals surface area contributed by atoms with Gasteiger partial charge in [-0.05, 0) is 86.8 Å². The Hall–Kier alpha value is -5.50. The predicted octanol–water partition coefficient (Wildman–Crippen LogP) is 8.94. The van der Waals surface area contributed by atoms with Crippen molar-refractivity contribution in [3.05, 3.63) is 129 Å². The largest absolute Gasteiger partial charge is 0.495 e. The summed E-state index contributed by atoms with van der Waals surface area (Å²) in [5, 5.41) is 0. The van der Waals surface area contributed by atoms with Crippen molar-refractivity contribution in [1.82, 2.24) is 0 Å². The number of Topliss-reactive ketones (excluding diaryl/α,β-unsaturated/α-hetero) is 4. The molecular weight excluding hydrogens is 677 g/mol. The molecule has 9 rings (SSSR count). The van der Waals surface area contributed by atoms with Crippen LogP contribution in [0.2, 0.25) is 0 Å². The number of carbonyl (C=O) groups excluding carboxylic acids is 4. The molecule has 3 aromatic carbocycles. The number of ether oxygens (including phenoxy) is 2. The lowest BCUT2D eigenvalue weighted by molar-refractivity contribution is -0.118. The first kappa shape index (κ1) is 34.3. The van der Waals surface area contributed by atoms with Gasteiger partial charge < -0.3 is 19.3 Å². The summed E-state index contributed by atoms with van der Waals surface area (Å²) < 4.78 is 11.7. The lowest BCUT2D eigenvalue weighted by Crippen LogP contribution is -2.40. The van der Waals surface area contributed by atoms with Gasteiger partial charge in [-0.25, -0.2) is 0 Å². The zero-order valence-electron chi connectivity index (χ0n) is 30.9. The zero-order valence-corrected chi connectivity index (χ0v) is 30.9. The molecule has 0 spiro atoms. The van der Waals surface area contributed by atoms with Crippen LogP contribution in [0.4, 0.5) is 11.4 Å². The van der Waals surface area contributed by atoms with Crippen LogP contribution in [-0.4, -0.2) is 37.4 Å². The Morgan fingerprint density at radius 1 is 0.444 bits per heavy atom. The number of benzene rings is 3. The minimum Gasteiger partial charge on any atom is -0.495 e. The highest BCUT2D eigenvalue weighted by molar-refractivity contribution is 6.09. The average molecular weight is 721 g/mol. The van der Waals surface area contributed by atoms with Crippen LogP contribution in [0.5, 0.6) is 11.5 Å². The summed E-state index contributed by atoms with van der Waals surface area (Å²) in [6, 6.07) is 23.7. The molecule has 0 unspecified atom stereocenters. The molecule has 0 saturated carbocycles. The minimum atomic E-state index is -0.541. The van der Waals surface area contributed by atoms with Gasteiger partial charge in [0.1, 0.15) is 11.5 Å². The number of methoxy groups -OCH3 is 2. The minimum absolute atomic E-state index is 0.0569. The highest BCUT2D eigenvalue weighted by Crippen LogP contribution is 2.55. The van der Waals surface area contributed by atoms with Crippen molar-refractivity contribution >= 4 is 34.5 Å². The number of rotatable bonds is 6. The smallest absolute Gasteiger partial charge is 0.161 e. The normalized spacial score (nSPS) is 21.0. The van der Waals surface area contributed by atoms with Gasteiger partial charge in [-0.2, -0.15) is 0 Å². The molecule has 2 aliphatic heterocycles. The summed E-state index contributed by atoms with van der Waals surface area (Å²) in [6.45, 7) is 0. The lowest BCUT2D eigenvalue weighted by atomic mass is 9.68. The summed E-state index contributed by atoms with van der Waals surface area (Å²) in [4.78, 5) is 61.2. The van der Waals surface area contributed by atoms with E-state index in [0.29, 0.717) is 85.2 Å². The highest BCUT2D eigenvalue weighted by atomic mass is 16.5. The second kappa shape index (κ2) is 13.7. The van der Waals surface area contributed by atoms with Crippen molar-refractivity contribution in [2.45, 2.75) is 88.9 Å². The number of carbonyl (C=O) groups is 4. The molecule has 54 heavy (non-hydrogen) atoms. The van der Waals surface area contributed by atoms with Crippen molar-refractivity contribution in [3.63, 3.8) is 0 Å². The molecule has 2 heterocycles. The first-order valence-electron chi connectivity index (χ1n) is 19.4. The molecule has 4 aliphatic carbocycles. The third-order valence-electron chi connectivity index (χ3n) is 12.2. The quantitative estimate of drug-likeness (QED) is 0.249. The van der Waals surface area contributed by atoms with Crippen LogP contribution in [0, 0.1) is 0 Å². The van der Waals surface area contributed by atoms with E-state index in [9.17, 15) is 19.2 Å². The Labute approximate surface area is 315 Å². The van der Waals surface area contributed by atoms with E-state index < -0.39 is 11.8 Å². The van der Waals surface area contributed by atoms with Gasteiger partial charge in [0.05, 0.1) is 25.6 Å². The van der Waals surface area contributed by atoms with Gasteiger partial charge in [0.2, 0.25) is 0 Å². The lowest BCUT2D eigenvalue weighted by Gasteiger charge is -2.45. The fraction of sp³-hybridized carbons (Fsp3) is 0.348. The molecule has 6 aliphatic rings. The molecular formula is C46H44N2O6.